The smallest absolute Gasteiger partial charge is 0.306 e. The lowest BCUT2D eigenvalue weighted by molar-refractivity contribution is -0.167. The van der Waals surface area contributed by atoms with Crippen LogP contribution in [0.2, 0.25) is 0 Å². The highest BCUT2D eigenvalue weighted by Crippen LogP contribution is 2.16. The summed E-state index contributed by atoms with van der Waals surface area (Å²) in [6.45, 7) is 6.40. The van der Waals surface area contributed by atoms with E-state index in [4.69, 9.17) is 14.2 Å². The van der Waals surface area contributed by atoms with Crippen molar-refractivity contribution in [3.63, 3.8) is 0 Å². The molecule has 72 heavy (non-hydrogen) atoms. The first kappa shape index (κ1) is 68.3. The van der Waals surface area contributed by atoms with Crippen LogP contribution >= 0.6 is 0 Å². The van der Waals surface area contributed by atoms with E-state index in [0.717, 1.165) is 116 Å². The molecule has 0 amide bonds. The molecule has 0 aliphatic rings. The Bertz CT molecular complexity index is 1430. The summed E-state index contributed by atoms with van der Waals surface area (Å²) in [5.41, 5.74) is 0. The predicted octanol–water partition coefficient (Wildman–Crippen LogP) is 20.5. The summed E-state index contributed by atoms with van der Waals surface area (Å²) in [6, 6.07) is 0. The zero-order valence-corrected chi connectivity index (χ0v) is 47.2. The molecule has 1 unspecified atom stereocenters. The fourth-order valence-electron chi connectivity index (χ4n) is 8.37. The van der Waals surface area contributed by atoms with E-state index in [-0.39, 0.29) is 31.1 Å². The molecule has 0 saturated heterocycles. The third-order valence-electron chi connectivity index (χ3n) is 12.8. The minimum absolute atomic E-state index is 0.0866. The van der Waals surface area contributed by atoms with Gasteiger partial charge in [0.05, 0.1) is 0 Å². The molecular weight excluding hydrogens is 889 g/mol. The Hall–Kier alpha value is -3.67. The molecule has 0 aliphatic heterocycles. The topological polar surface area (TPSA) is 78.9 Å². The number of carbonyl (C=O) groups excluding carboxylic acids is 3. The van der Waals surface area contributed by atoms with E-state index in [1.54, 1.807) is 0 Å². The molecule has 0 heterocycles. The maximum absolute atomic E-state index is 12.8. The lowest BCUT2D eigenvalue weighted by Crippen LogP contribution is -2.30. The molecule has 0 aromatic heterocycles. The van der Waals surface area contributed by atoms with Crippen molar-refractivity contribution in [2.75, 3.05) is 13.2 Å². The van der Waals surface area contributed by atoms with E-state index in [1.165, 1.54) is 128 Å². The Morgan fingerprint density at radius 2 is 0.542 bits per heavy atom. The average molecular weight is 1000 g/mol. The molecule has 0 rings (SSSR count). The predicted molar refractivity (Wildman–Crippen MR) is 311 cm³/mol. The van der Waals surface area contributed by atoms with E-state index in [0.29, 0.717) is 19.3 Å². The van der Waals surface area contributed by atoms with Crippen molar-refractivity contribution in [3.8, 4) is 0 Å². The quantitative estimate of drug-likeness (QED) is 0.0261. The summed E-state index contributed by atoms with van der Waals surface area (Å²) in [6.07, 6.45) is 79.9. The fourth-order valence-corrected chi connectivity index (χ4v) is 8.37. The Balaban J connectivity index is 4.21. The second-order valence-corrected chi connectivity index (χ2v) is 19.9. The van der Waals surface area contributed by atoms with Gasteiger partial charge in [0, 0.05) is 19.3 Å². The fraction of sp³-hybridized carbons (Fsp3) is 0.712. The highest BCUT2D eigenvalue weighted by molar-refractivity contribution is 5.71. The minimum Gasteiger partial charge on any atom is -0.462 e. The van der Waals surface area contributed by atoms with Gasteiger partial charge in [-0.2, -0.15) is 0 Å². The molecule has 6 nitrogen and oxygen atoms in total. The SMILES string of the molecule is CC/C=C\C/C=C\C/C=C\C/C=C\C/C=C\CCCCCCCCCCCCCCCC(=O)OCC(COC(=O)CCCCCCCCCCCCCC)OC(=O)CCCCC/C=C\C/C=C\C/C=C\CC. The van der Waals surface area contributed by atoms with Gasteiger partial charge in [0.25, 0.3) is 0 Å². The van der Waals surface area contributed by atoms with Gasteiger partial charge in [-0.1, -0.05) is 266 Å². The molecule has 6 heteroatoms. The molecule has 0 aromatic carbocycles. The summed E-state index contributed by atoms with van der Waals surface area (Å²) < 4.78 is 16.8. The van der Waals surface area contributed by atoms with Crippen molar-refractivity contribution in [1.29, 1.82) is 0 Å². The standard InChI is InChI=1S/C66H112O6/c1-4-7-10-13-16-19-22-25-26-27-28-29-30-31-32-33-34-35-36-37-38-39-40-42-44-47-50-53-56-59-65(68)71-62-63(61-70-64(67)58-55-52-49-46-43-24-21-18-15-12-9-6-3)72-66(69)60-57-54-51-48-45-41-23-20-17-14-11-8-5-2/h7-8,10-11,16-17,19-20,25-26,28-29,31-32,41,45,63H,4-6,9,12-15,18,21-24,27,30,33-40,42-44,46-62H2,1-3H3/b10-7-,11-8-,19-16-,20-17-,26-25-,29-28-,32-31-,45-41-. The normalized spacial score (nSPS) is 12.8. The molecule has 0 N–H and O–H groups in total. The molecule has 0 aromatic rings. The molecule has 0 bridgehead atoms. The van der Waals surface area contributed by atoms with Gasteiger partial charge in [-0.3, -0.25) is 14.4 Å². The highest BCUT2D eigenvalue weighted by Gasteiger charge is 2.19. The van der Waals surface area contributed by atoms with Gasteiger partial charge in [0.1, 0.15) is 13.2 Å². The van der Waals surface area contributed by atoms with Crippen LogP contribution < -0.4 is 0 Å². The summed E-state index contributed by atoms with van der Waals surface area (Å²) in [4.78, 5) is 38.1. The van der Waals surface area contributed by atoms with Gasteiger partial charge in [-0.25, -0.2) is 0 Å². The summed E-state index contributed by atoms with van der Waals surface area (Å²) in [5.74, 6) is -0.912. The number of rotatable bonds is 54. The Morgan fingerprint density at radius 3 is 0.861 bits per heavy atom. The van der Waals surface area contributed by atoms with Crippen LogP contribution in [0.1, 0.15) is 284 Å². The molecule has 412 valence electrons. The number of hydrogen-bond donors (Lipinski definition) is 0. The molecule has 0 saturated carbocycles. The van der Waals surface area contributed by atoms with Crippen molar-refractivity contribution in [1.82, 2.24) is 0 Å². The van der Waals surface area contributed by atoms with Crippen LogP contribution in [-0.4, -0.2) is 37.2 Å². The van der Waals surface area contributed by atoms with Crippen molar-refractivity contribution in [2.45, 2.75) is 290 Å². The molecule has 0 radical (unpaired) electrons. The summed E-state index contributed by atoms with van der Waals surface area (Å²) in [5, 5.41) is 0. The number of hydrogen-bond acceptors (Lipinski definition) is 6. The number of esters is 3. The van der Waals surface area contributed by atoms with Gasteiger partial charge < -0.3 is 14.2 Å². The Kier molecular flexibility index (Phi) is 56.8. The van der Waals surface area contributed by atoms with Crippen LogP contribution in [-0.2, 0) is 28.6 Å². The first-order valence-electron chi connectivity index (χ1n) is 30.2. The van der Waals surface area contributed by atoms with Crippen LogP contribution in [0.3, 0.4) is 0 Å². The molecule has 1 atom stereocenters. The van der Waals surface area contributed by atoms with Crippen molar-refractivity contribution in [2.24, 2.45) is 0 Å². The molecule has 0 spiro atoms. The van der Waals surface area contributed by atoms with Gasteiger partial charge in [0.2, 0.25) is 0 Å². The van der Waals surface area contributed by atoms with Gasteiger partial charge in [-0.15, -0.1) is 0 Å². The van der Waals surface area contributed by atoms with Crippen LogP contribution in [0.15, 0.2) is 97.2 Å². The van der Waals surface area contributed by atoms with Crippen LogP contribution in [0.5, 0.6) is 0 Å². The third-order valence-corrected chi connectivity index (χ3v) is 12.8. The molecular formula is C66H112O6. The number of ether oxygens (including phenoxy) is 3. The van der Waals surface area contributed by atoms with E-state index in [2.05, 4.69) is 118 Å². The first-order valence-corrected chi connectivity index (χ1v) is 30.2. The second-order valence-electron chi connectivity index (χ2n) is 19.9. The van der Waals surface area contributed by atoms with Crippen LogP contribution in [0, 0.1) is 0 Å². The van der Waals surface area contributed by atoms with Gasteiger partial charge in [-0.05, 0) is 96.3 Å². The van der Waals surface area contributed by atoms with E-state index >= 15 is 0 Å². The zero-order chi connectivity index (χ0) is 52.2. The summed E-state index contributed by atoms with van der Waals surface area (Å²) >= 11 is 0. The van der Waals surface area contributed by atoms with E-state index in [9.17, 15) is 14.4 Å². The van der Waals surface area contributed by atoms with Crippen LogP contribution in [0.25, 0.3) is 0 Å². The maximum atomic E-state index is 12.8. The monoisotopic (exact) mass is 1000 g/mol. The van der Waals surface area contributed by atoms with Crippen molar-refractivity contribution < 1.29 is 28.6 Å². The second kappa shape index (κ2) is 59.9. The highest BCUT2D eigenvalue weighted by atomic mass is 16.6. The van der Waals surface area contributed by atoms with Gasteiger partial charge in [0.15, 0.2) is 6.10 Å². The number of unbranched alkanes of at least 4 members (excludes halogenated alkanes) is 27. The first-order chi connectivity index (χ1) is 35.5. The maximum Gasteiger partial charge on any atom is 0.306 e. The molecule has 0 fully saturated rings. The number of carbonyl (C=O) groups is 3. The summed E-state index contributed by atoms with van der Waals surface area (Å²) in [7, 11) is 0. The zero-order valence-electron chi connectivity index (χ0n) is 47.2. The Morgan fingerprint density at radius 1 is 0.292 bits per heavy atom. The van der Waals surface area contributed by atoms with E-state index < -0.39 is 6.10 Å². The average Bonchev–Trinajstić information content (AvgIpc) is 3.38. The van der Waals surface area contributed by atoms with Crippen molar-refractivity contribution >= 4 is 17.9 Å². The van der Waals surface area contributed by atoms with Crippen molar-refractivity contribution in [3.05, 3.63) is 97.2 Å². The molecule has 0 aliphatic carbocycles. The van der Waals surface area contributed by atoms with Crippen LogP contribution in [0.4, 0.5) is 0 Å². The largest absolute Gasteiger partial charge is 0.462 e. The lowest BCUT2D eigenvalue weighted by atomic mass is 10.0. The number of allylic oxidation sites excluding steroid dienone is 16. The minimum atomic E-state index is -0.791. The third kappa shape index (κ3) is 57.2. The van der Waals surface area contributed by atoms with Gasteiger partial charge >= 0.3 is 17.9 Å². The Labute approximate surface area is 445 Å². The lowest BCUT2D eigenvalue weighted by Gasteiger charge is -2.18. The van der Waals surface area contributed by atoms with E-state index in [1.807, 2.05) is 0 Å².